The number of piperidine rings is 1. The Balaban J connectivity index is 1.88. The van der Waals surface area contributed by atoms with E-state index in [2.05, 4.69) is 11.8 Å². The van der Waals surface area contributed by atoms with Crippen LogP contribution in [0.2, 0.25) is 0 Å². The Morgan fingerprint density at radius 1 is 1.39 bits per heavy atom. The van der Waals surface area contributed by atoms with Crippen LogP contribution in [-0.4, -0.2) is 29.1 Å². The van der Waals surface area contributed by atoms with E-state index in [0.717, 1.165) is 13.1 Å². The van der Waals surface area contributed by atoms with E-state index in [0.29, 0.717) is 18.0 Å². The third-order valence-electron chi connectivity index (χ3n) is 3.89. The first-order valence-corrected chi connectivity index (χ1v) is 6.85. The highest BCUT2D eigenvalue weighted by atomic mass is 19.1. The lowest BCUT2D eigenvalue weighted by atomic mass is 10.0. The predicted octanol–water partition coefficient (Wildman–Crippen LogP) is 3.12. The molecule has 1 aliphatic heterocycles. The summed E-state index contributed by atoms with van der Waals surface area (Å²) in [5.74, 6) is -0.309. The molecule has 0 aromatic heterocycles. The van der Waals surface area contributed by atoms with Gasteiger partial charge >= 0.3 is 0 Å². The molecule has 0 radical (unpaired) electrons. The fourth-order valence-corrected chi connectivity index (χ4v) is 2.68. The second-order valence-corrected chi connectivity index (χ2v) is 5.21. The maximum absolute atomic E-state index is 13.5. The Labute approximate surface area is 108 Å². The standard InChI is InChI=1S/C15H22FNO/c1-12-6-4-5-10-17(12)11-9-15(18)13-7-2-3-8-14(13)16/h2-3,7-8,12,15,18H,4-6,9-11H2,1H3. The third-order valence-corrected chi connectivity index (χ3v) is 3.89. The van der Waals surface area contributed by atoms with Gasteiger partial charge in [0.15, 0.2) is 0 Å². The average Bonchev–Trinajstić information content (AvgIpc) is 2.38. The highest BCUT2D eigenvalue weighted by Crippen LogP contribution is 2.22. The molecule has 1 aromatic carbocycles. The lowest BCUT2D eigenvalue weighted by Crippen LogP contribution is -2.38. The van der Waals surface area contributed by atoms with Gasteiger partial charge in [0, 0.05) is 18.2 Å². The molecule has 0 spiro atoms. The molecule has 1 heterocycles. The van der Waals surface area contributed by atoms with E-state index in [1.165, 1.54) is 25.3 Å². The Morgan fingerprint density at radius 2 is 2.17 bits per heavy atom. The second kappa shape index (κ2) is 6.30. The van der Waals surface area contributed by atoms with Crippen molar-refractivity contribution in [3.63, 3.8) is 0 Å². The van der Waals surface area contributed by atoms with Gasteiger partial charge in [-0.1, -0.05) is 24.6 Å². The van der Waals surface area contributed by atoms with Crippen LogP contribution in [0, 0.1) is 5.82 Å². The van der Waals surface area contributed by atoms with Crippen molar-refractivity contribution in [3.05, 3.63) is 35.6 Å². The molecule has 0 saturated carbocycles. The van der Waals surface area contributed by atoms with Gasteiger partial charge in [0.2, 0.25) is 0 Å². The molecule has 1 aliphatic rings. The molecule has 1 aromatic rings. The minimum Gasteiger partial charge on any atom is -0.388 e. The SMILES string of the molecule is CC1CCCCN1CCC(O)c1ccccc1F. The number of hydrogen-bond acceptors (Lipinski definition) is 2. The van der Waals surface area contributed by atoms with Gasteiger partial charge in [-0.25, -0.2) is 4.39 Å². The molecular weight excluding hydrogens is 229 g/mol. The first kappa shape index (κ1) is 13.5. The fraction of sp³-hybridized carbons (Fsp3) is 0.600. The van der Waals surface area contributed by atoms with Crippen LogP contribution >= 0.6 is 0 Å². The van der Waals surface area contributed by atoms with E-state index in [9.17, 15) is 9.50 Å². The Morgan fingerprint density at radius 3 is 2.89 bits per heavy atom. The molecule has 100 valence electrons. The maximum Gasteiger partial charge on any atom is 0.128 e. The Hall–Kier alpha value is -0.930. The van der Waals surface area contributed by atoms with Crippen molar-refractivity contribution in [2.45, 2.75) is 44.8 Å². The first-order valence-electron chi connectivity index (χ1n) is 6.85. The van der Waals surface area contributed by atoms with Crippen molar-refractivity contribution in [2.24, 2.45) is 0 Å². The van der Waals surface area contributed by atoms with E-state index in [1.54, 1.807) is 18.2 Å². The zero-order chi connectivity index (χ0) is 13.0. The summed E-state index contributed by atoms with van der Waals surface area (Å²) in [5, 5.41) is 10.1. The van der Waals surface area contributed by atoms with Gasteiger partial charge in [-0.3, -0.25) is 0 Å². The maximum atomic E-state index is 13.5. The summed E-state index contributed by atoms with van der Waals surface area (Å²) in [7, 11) is 0. The largest absolute Gasteiger partial charge is 0.388 e. The number of likely N-dealkylation sites (tertiary alicyclic amines) is 1. The molecule has 1 N–H and O–H groups in total. The molecule has 0 aliphatic carbocycles. The minimum absolute atomic E-state index is 0.309. The van der Waals surface area contributed by atoms with Crippen LogP contribution in [-0.2, 0) is 0 Å². The topological polar surface area (TPSA) is 23.5 Å². The summed E-state index contributed by atoms with van der Waals surface area (Å²) in [6, 6.07) is 7.08. The van der Waals surface area contributed by atoms with Crippen molar-refractivity contribution in [1.29, 1.82) is 0 Å². The number of nitrogens with zero attached hydrogens (tertiary/aromatic N) is 1. The summed E-state index contributed by atoms with van der Waals surface area (Å²) in [6.07, 6.45) is 3.68. The smallest absolute Gasteiger partial charge is 0.128 e. The van der Waals surface area contributed by atoms with Crippen molar-refractivity contribution >= 4 is 0 Å². The molecule has 18 heavy (non-hydrogen) atoms. The van der Waals surface area contributed by atoms with Crippen LogP contribution in [0.1, 0.15) is 44.3 Å². The average molecular weight is 251 g/mol. The van der Waals surface area contributed by atoms with Crippen molar-refractivity contribution in [3.8, 4) is 0 Å². The normalized spacial score (nSPS) is 22.9. The monoisotopic (exact) mass is 251 g/mol. The number of rotatable bonds is 4. The van der Waals surface area contributed by atoms with Crippen LogP contribution in [0.15, 0.2) is 24.3 Å². The van der Waals surface area contributed by atoms with Gasteiger partial charge in [0.1, 0.15) is 5.82 Å². The molecule has 1 saturated heterocycles. The number of aliphatic hydroxyl groups excluding tert-OH is 1. The summed E-state index contributed by atoms with van der Waals surface area (Å²) in [5.41, 5.74) is 0.419. The van der Waals surface area contributed by atoms with Crippen LogP contribution in [0.4, 0.5) is 4.39 Å². The van der Waals surface area contributed by atoms with E-state index in [-0.39, 0.29) is 5.82 Å². The fourth-order valence-electron chi connectivity index (χ4n) is 2.68. The van der Waals surface area contributed by atoms with Gasteiger partial charge in [0.05, 0.1) is 6.10 Å². The Bertz CT molecular complexity index is 383. The second-order valence-electron chi connectivity index (χ2n) is 5.21. The van der Waals surface area contributed by atoms with Crippen molar-refractivity contribution in [1.82, 2.24) is 4.90 Å². The molecule has 2 nitrogen and oxygen atoms in total. The van der Waals surface area contributed by atoms with Crippen molar-refractivity contribution < 1.29 is 9.50 Å². The zero-order valence-electron chi connectivity index (χ0n) is 11.0. The van der Waals surface area contributed by atoms with Gasteiger partial charge < -0.3 is 10.0 Å². The van der Waals surface area contributed by atoms with Crippen molar-refractivity contribution in [2.75, 3.05) is 13.1 Å². The highest BCUT2D eigenvalue weighted by Gasteiger charge is 2.20. The van der Waals surface area contributed by atoms with Crippen LogP contribution in [0.5, 0.6) is 0 Å². The molecule has 2 atom stereocenters. The lowest BCUT2D eigenvalue weighted by molar-refractivity contribution is 0.107. The molecule has 2 unspecified atom stereocenters. The molecular formula is C15H22FNO. The number of halogens is 1. The molecule has 1 fully saturated rings. The summed E-state index contributed by atoms with van der Waals surface area (Å²) in [4.78, 5) is 2.40. The van der Waals surface area contributed by atoms with E-state index >= 15 is 0 Å². The summed E-state index contributed by atoms with van der Waals surface area (Å²) >= 11 is 0. The van der Waals surface area contributed by atoms with Crippen LogP contribution in [0.3, 0.4) is 0 Å². The van der Waals surface area contributed by atoms with E-state index in [1.807, 2.05) is 0 Å². The van der Waals surface area contributed by atoms with Crippen LogP contribution in [0.25, 0.3) is 0 Å². The summed E-state index contributed by atoms with van der Waals surface area (Å²) < 4.78 is 13.5. The lowest BCUT2D eigenvalue weighted by Gasteiger charge is -2.33. The van der Waals surface area contributed by atoms with Gasteiger partial charge in [-0.15, -0.1) is 0 Å². The third kappa shape index (κ3) is 3.30. The number of aliphatic hydroxyl groups is 1. The number of benzene rings is 1. The van der Waals surface area contributed by atoms with E-state index in [4.69, 9.17) is 0 Å². The molecule has 2 rings (SSSR count). The van der Waals surface area contributed by atoms with Gasteiger partial charge in [-0.2, -0.15) is 0 Å². The molecule has 0 bridgehead atoms. The predicted molar refractivity (Wildman–Crippen MR) is 70.9 cm³/mol. The Kier molecular flexibility index (Phi) is 4.72. The van der Waals surface area contributed by atoms with Gasteiger partial charge in [0.25, 0.3) is 0 Å². The molecule has 0 amide bonds. The highest BCUT2D eigenvalue weighted by molar-refractivity contribution is 5.19. The minimum atomic E-state index is -0.694. The van der Waals surface area contributed by atoms with Crippen LogP contribution < -0.4 is 0 Å². The number of hydrogen-bond donors (Lipinski definition) is 1. The van der Waals surface area contributed by atoms with E-state index < -0.39 is 6.10 Å². The molecule has 3 heteroatoms. The summed E-state index contributed by atoms with van der Waals surface area (Å²) in [6.45, 7) is 4.18. The zero-order valence-corrected chi connectivity index (χ0v) is 11.0. The first-order chi connectivity index (χ1) is 8.68. The quantitative estimate of drug-likeness (QED) is 0.888. The van der Waals surface area contributed by atoms with Gasteiger partial charge in [-0.05, 0) is 38.8 Å².